The molecule has 1 heterocycles. The molecule has 3 nitrogen and oxygen atoms in total. The zero-order chi connectivity index (χ0) is 13.1. The molecule has 0 radical (unpaired) electrons. The Bertz CT molecular complexity index is 441. The minimum Gasteiger partial charge on any atom is -0.326 e. The van der Waals surface area contributed by atoms with Gasteiger partial charge in [-0.3, -0.25) is 4.79 Å². The highest BCUT2D eigenvalue weighted by Gasteiger charge is 2.18. The minimum absolute atomic E-state index is 0. The van der Waals surface area contributed by atoms with Crippen LogP contribution in [0.5, 0.6) is 0 Å². The van der Waals surface area contributed by atoms with Gasteiger partial charge in [0.1, 0.15) is 0 Å². The Kier molecular flexibility index (Phi) is 5.62. The fourth-order valence-electron chi connectivity index (χ4n) is 1.99. The van der Waals surface area contributed by atoms with E-state index in [1.807, 2.05) is 0 Å². The first-order chi connectivity index (χ1) is 8.56. The van der Waals surface area contributed by atoms with Gasteiger partial charge in [-0.2, -0.15) is 0 Å². The molecule has 2 N–H and O–H groups in total. The Morgan fingerprint density at radius 3 is 2.47 bits per heavy atom. The molecule has 1 aliphatic rings. The summed E-state index contributed by atoms with van der Waals surface area (Å²) in [6, 6.07) is 1.62. The van der Waals surface area contributed by atoms with E-state index in [1.54, 1.807) is 0 Å². The second-order valence-corrected chi connectivity index (χ2v) is 4.30. The fourth-order valence-corrected chi connectivity index (χ4v) is 1.99. The molecule has 106 valence electrons. The molecule has 0 saturated carbocycles. The van der Waals surface area contributed by atoms with Crippen LogP contribution in [0.3, 0.4) is 0 Å². The van der Waals surface area contributed by atoms with Gasteiger partial charge in [-0.05, 0) is 19.4 Å². The van der Waals surface area contributed by atoms with E-state index in [2.05, 4.69) is 10.6 Å². The number of carbonyl (C=O) groups excluding carboxylic acids is 1. The highest BCUT2D eigenvalue weighted by molar-refractivity contribution is 5.91. The van der Waals surface area contributed by atoms with Gasteiger partial charge in [0, 0.05) is 30.3 Å². The van der Waals surface area contributed by atoms with Gasteiger partial charge in [0.15, 0.2) is 17.5 Å². The highest BCUT2D eigenvalue weighted by atomic mass is 35.5. The summed E-state index contributed by atoms with van der Waals surface area (Å²) < 4.78 is 38.5. The van der Waals surface area contributed by atoms with Crippen LogP contribution in [-0.2, 0) is 4.79 Å². The molecule has 1 atom stereocenters. The Labute approximate surface area is 115 Å². The molecule has 1 fully saturated rings. The zero-order valence-corrected chi connectivity index (χ0v) is 10.8. The number of anilines is 1. The van der Waals surface area contributed by atoms with E-state index in [0.717, 1.165) is 31.5 Å². The van der Waals surface area contributed by atoms with Crippen molar-refractivity contribution in [3.63, 3.8) is 0 Å². The van der Waals surface area contributed by atoms with Crippen molar-refractivity contribution >= 4 is 24.0 Å². The maximum absolute atomic E-state index is 12.9. The van der Waals surface area contributed by atoms with Crippen molar-refractivity contribution in [3.05, 3.63) is 29.6 Å². The van der Waals surface area contributed by atoms with E-state index < -0.39 is 17.5 Å². The second kappa shape index (κ2) is 6.77. The van der Waals surface area contributed by atoms with Gasteiger partial charge in [0.05, 0.1) is 0 Å². The van der Waals surface area contributed by atoms with Gasteiger partial charge >= 0.3 is 0 Å². The smallest absolute Gasteiger partial charge is 0.225 e. The standard InChI is InChI=1S/C12H13F3N2O.ClH/c13-9-4-8(5-10(14)12(9)15)17-11(18)6-7-2-1-3-16-7;/h4-5,7,16H,1-3,6H2,(H,17,18);1H. The number of halogens is 4. The van der Waals surface area contributed by atoms with Crippen molar-refractivity contribution in [1.82, 2.24) is 5.32 Å². The third kappa shape index (κ3) is 4.11. The van der Waals surface area contributed by atoms with Crippen LogP contribution in [0.4, 0.5) is 18.9 Å². The first-order valence-electron chi connectivity index (χ1n) is 5.74. The van der Waals surface area contributed by atoms with Crippen molar-refractivity contribution < 1.29 is 18.0 Å². The molecule has 2 rings (SSSR count). The third-order valence-corrected chi connectivity index (χ3v) is 2.86. The lowest BCUT2D eigenvalue weighted by Gasteiger charge is -2.10. The van der Waals surface area contributed by atoms with E-state index in [4.69, 9.17) is 0 Å². The number of hydrogen-bond acceptors (Lipinski definition) is 2. The van der Waals surface area contributed by atoms with Gasteiger partial charge in [-0.15, -0.1) is 12.4 Å². The van der Waals surface area contributed by atoms with Gasteiger partial charge in [-0.1, -0.05) is 0 Å². The van der Waals surface area contributed by atoms with Crippen molar-refractivity contribution in [1.29, 1.82) is 0 Å². The number of rotatable bonds is 3. The molecule has 19 heavy (non-hydrogen) atoms. The molecule has 0 aliphatic carbocycles. The lowest BCUT2D eigenvalue weighted by Crippen LogP contribution is -2.27. The molecule has 0 bridgehead atoms. The van der Waals surface area contributed by atoms with E-state index in [0.29, 0.717) is 0 Å². The highest BCUT2D eigenvalue weighted by Crippen LogP contribution is 2.18. The molecule has 0 aromatic heterocycles. The van der Waals surface area contributed by atoms with Crippen LogP contribution < -0.4 is 10.6 Å². The topological polar surface area (TPSA) is 41.1 Å². The quantitative estimate of drug-likeness (QED) is 0.842. The van der Waals surface area contributed by atoms with Crippen LogP contribution in [0.1, 0.15) is 19.3 Å². The van der Waals surface area contributed by atoms with Gasteiger partial charge < -0.3 is 10.6 Å². The summed E-state index contributed by atoms with van der Waals surface area (Å²) in [6.45, 7) is 0.873. The Morgan fingerprint density at radius 1 is 1.32 bits per heavy atom. The second-order valence-electron chi connectivity index (χ2n) is 4.30. The summed E-state index contributed by atoms with van der Waals surface area (Å²) in [5.41, 5.74) is -0.0746. The van der Waals surface area contributed by atoms with Gasteiger partial charge in [0.2, 0.25) is 5.91 Å². The molecule has 1 aromatic rings. The first kappa shape index (κ1) is 15.8. The molecule has 7 heteroatoms. The molecule has 0 spiro atoms. The Morgan fingerprint density at radius 2 is 1.95 bits per heavy atom. The predicted octanol–water partition coefficient (Wildman–Crippen LogP) is 2.61. The summed E-state index contributed by atoms with van der Waals surface area (Å²) in [4.78, 5) is 11.6. The van der Waals surface area contributed by atoms with E-state index in [-0.39, 0.29) is 36.5 Å². The SMILES string of the molecule is Cl.O=C(CC1CCCN1)Nc1cc(F)c(F)c(F)c1. The van der Waals surface area contributed by atoms with Crippen molar-refractivity contribution in [2.45, 2.75) is 25.3 Å². The molecular formula is C12H14ClF3N2O. The van der Waals surface area contributed by atoms with E-state index >= 15 is 0 Å². The average molecular weight is 295 g/mol. The Hall–Kier alpha value is -1.27. The van der Waals surface area contributed by atoms with Gasteiger partial charge in [0.25, 0.3) is 0 Å². The van der Waals surface area contributed by atoms with Crippen LogP contribution in [-0.4, -0.2) is 18.5 Å². The molecule has 1 amide bonds. The van der Waals surface area contributed by atoms with Crippen LogP contribution in [0.25, 0.3) is 0 Å². The lowest BCUT2D eigenvalue weighted by molar-refractivity contribution is -0.116. The Balaban J connectivity index is 0.00000180. The first-order valence-corrected chi connectivity index (χ1v) is 5.74. The number of carbonyl (C=O) groups is 1. The van der Waals surface area contributed by atoms with Crippen LogP contribution in [0.15, 0.2) is 12.1 Å². The molecule has 1 aromatic carbocycles. The van der Waals surface area contributed by atoms with Crippen molar-refractivity contribution in [2.24, 2.45) is 0 Å². The summed E-state index contributed by atoms with van der Waals surface area (Å²) in [7, 11) is 0. The van der Waals surface area contributed by atoms with E-state index in [1.165, 1.54) is 0 Å². The van der Waals surface area contributed by atoms with Gasteiger partial charge in [-0.25, -0.2) is 13.2 Å². The van der Waals surface area contributed by atoms with Crippen molar-refractivity contribution in [2.75, 3.05) is 11.9 Å². The summed E-state index contributed by atoms with van der Waals surface area (Å²) in [5.74, 6) is -4.51. The molecule has 1 aliphatic heterocycles. The average Bonchev–Trinajstić information content (AvgIpc) is 2.78. The number of nitrogens with one attached hydrogen (secondary N) is 2. The monoisotopic (exact) mass is 294 g/mol. The van der Waals surface area contributed by atoms with E-state index in [9.17, 15) is 18.0 Å². The third-order valence-electron chi connectivity index (χ3n) is 2.86. The molecule has 1 saturated heterocycles. The lowest BCUT2D eigenvalue weighted by atomic mass is 10.1. The maximum atomic E-state index is 12.9. The fraction of sp³-hybridized carbons (Fsp3) is 0.417. The van der Waals surface area contributed by atoms with Crippen molar-refractivity contribution in [3.8, 4) is 0 Å². The van der Waals surface area contributed by atoms with Crippen LogP contribution in [0.2, 0.25) is 0 Å². The summed E-state index contributed by atoms with van der Waals surface area (Å²) in [5, 5.41) is 5.49. The number of amides is 1. The largest absolute Gasteiger partial charge is 0.326 e. The number of hydrogen-bond donors (Lipinski definition) is 2. The molecular weight excluding hydrogens is 281 g/mol. The number of benzene rings is 1. The zero-order valence-electron chi connectivity index (χ0n) is 10.0. The molecule has 1 unspecified atom stereocenters. The maximum Gasteiger partial charge on any atom is 0.225 e. The summed E-state index contributed by atoms with van der Waals surface area (Å²) in [6.07, 6.45) is 2.15. The predicted molar refractivity (Wildman–Crippen MR) is 67.8 cm³/mol. The minimum atomic E-state index is -1.54. The normalized spacial score (nSPS) is 17.9. The summed E-state index contributed by atoms with van der Waals surface area (Å²) >= 11 is 0. The van der Waals surface area contributed by atoms with Crippen LogP contribution in [0, 0.1) is 17.5 Å². The van der Waals surface area contributed by atoms with Crippen LogP contribution >= 0.6 is 12.4 Å².